The average molecular weight is 393 g/mol. The van der Waals surface area contributed by atoms with E-state index < -0.39 is 0 Å². The molecule has 0 fully saturated rings. The highest BCUT2D eigenvalue weighted by Crippen LogP contribution is 2.24. The number of methoxy groups -OCH3 is 1. The fraction of sp³-hybridized carbons (Fsp3) is 0.172. The minimum Gasteiger partial charge on any atom is -0.497 e. The summed E-state index contributed by atoms with van der Waals surface area (Å²) in [6.07, 6.45) is 4.02. The van der Waals surface area contributed by atoms with Crippen molar-refractivity contribution in [3.8, 4) is 5.75 Å². The van der Waals surface area contributed by atoms with E-state index in [0.717, 1.165) is 31.4 Å². The van der Waals surface area contributed by atoms with Gasteiger partial charge in [-0.15, -0.1) is 0 Å². The van der Waals surface area contributed by atoms with Crippen LogP contribution >= 0.6 is 0 Å². The Kier molecular flexibility index (Phi) is 6.61. The number of rotatable bonds is 8. The van der Waals surface area contributed by atoms with Crippen LogP contribution in [0.15, 0.2) is 103 Å². The SMILES string of the molecule is COc1ccc(Cc2c(CCc3ccccc3)cccc2Cc2ccccc2)cc1. The van der Waals surface area contributed by atoms with E-state index in [4.69, 9.17) is 4.74 Å². The van der Waals surface area contributed by atoms with Crippen molar-refractivity contribution in [2.24, 2.45) is 0 Å². The normalized spacial score (nSPS) is 10.7. The van der Waals surface area contributed by atoms with Gasteiger partial charge >= 0.3 is 0 Å². The number of hydrogen-bond acceptors (Lipinski definition) is 1. The smallest absolute Gasteiger partial charge is 0.118 e. The molecule has 0 unspecified atom stereocenters. The summed E-state index contributed by atoms with van der Waals surface area (Å²) in [5.74, 6) is 0.903. The largest absolute Gasteiger partial charge is 0.497 e. The molecule has 0 aliphatic carbocycles. The molecule has 4 aromatic carbocycles. The summed E-state index contributed by atoms with van der Waals surface area (Å²) >= 11 is 0. The maximum atomic E-state index is 5.33. The Morgan fingerprint density at radius 2 is 1.10 bits per heavy atom. The van der Waals surface area contributed by atoms with Crippen LogP contribution in [0, 0.1) is 0 Å². The number of benzene rings is 4. The van der Waals surface area contributed by atoms with Crippen molar-refractivity contribution in [2.45, 2.75) is 25.7 Å². The molecule has 0 spiro atoms. The molecule has 0 aliphatic rings. The van der Waals surface area contributed by atoms with Gasteiger partial charge in [0.25, 0.3) is 0 Å². The standard InChI is InChI=1S/C29H28O/c1-30-28-19-16-25(17-20-28)22-29-26(18-15-23-9-4-2-5-10-23)13-8-14-27(29)21-24-11-6-3-7-12-24/h2-14,16-17,19-20H,15,18,21-22H2,1H3. The Bertz CT molecular complexity index is 1050. The van der Waals surface area contributed by atoms with Gasteiger partial charge in [0.2, 0.25) is 0 Å². The second-order valence-electron chi connectivity index (χ2n) is 7.73. The van der Waals surface area contributed by atoms with Crippen LogP contribution in [-0.2, 0) is 25.7 Å². The first-order valence-corrected chi connectivity index (χ1v) is 10.6. The first-order valence-electron chi connectivity index (χ1n) is 10.6. The lowest BCUT2D eigenvalue weighted by Gasteiger charge is -2.16. The number of ether oxygens (including phenoxy) is 1. The molecule has 0 atom stereocenters. The first-order chi connectivity index (χ1) is 14.8. The molecule has 30 heavy (non-hydrogen) atoms. The van der Waals surface area contributed by atoms with E-state index in [9.17, 15) is 0 Å². The Morgan fingerprint density at radius 3 is 1.77 bits per heavy atom. The first kappa shape index (κ1) is 20.0. The summed E-state index contributed by atoms with van der Waals surface area (Å²) in [5, 5.41) is 0. The number of hydrogen-bond donors (Lipinski definition) is 0. The van der Waals surface area contributed by atoms with Crippen molar-refractivity contribution >= 4 is 0 Å². The summed E-state index contributed by atoms with van der Waals surface area (Å²) in [4.78, 5) is 0. The average Bonchev–Trinajstić information content (AvgIpc) is 2.81. The molecule has 0 bridgehead atoms. The van der Waals surface area contributed by atoms with Crippen LogP contribution in [0.5, 0.6) is 5.75 Å². The zero-order chi connectivity index (χ0) is 20.6. The van der Waals surface area contributed by atoms with E-state index in [1.807, 2.05) is 0 Å². The molecule has 1 nitrogen and oxygen atoms in total. The third-order valence-corrected chi connectivity index (χ3v) is 5.67. The van der Waals surface area contributed by atoms with Gasteiger partial charge in [0.1, 0.15) is 5.75 Å². The van der Waals surface area contributed by atoms with Crippen molar-refractivity contribution in [3.63, 3.8) is 0 Å². The third-order valence-electron chi connectivity index (χ3n) is 5.67. The summed E-state index contributed by atoms with van der Waals surface area (Å²) in [7, 11) is 1.71. The van der Waals surface area contributed by atoms with Gasteiger partial charge in [-0.2, -0.15) is 0 Å². The zero-order valence-electron chi connectivity index (χ0n) is 17.6. The van der Waals surface area contributed by atoms with Crippen LogP contribution in [0.3, 0.4) is 0 Å². The van der Waals surface area contributed by atoms with Gasteiger partial charge in [-0.1, -0.05) is 91.0 Å². The van der Waals surface area contributed by atoms with E-state index in [1.165, 1.54) is 33.4 Å². The van der Waals surface area contributed by atoms with Crippen molar-refractivity contribution < 1.29 is 4.74 Å². The third kappa shape index (κ3) is 5.18. The molecule has 4 aromatic rings. The van der Waals surface area contributed by atoms with Gasteiger partial charge in [-0.3, -0.25) is 0 Å². The fourth-order valence-corrected chi connectivity index (χ4v) is 4.00. The van der Waals surface area contributed by atoms with Crippen LogP contribution in [0.25, 0.3) is 0 Å². The predicted octanol–water partition coefficient (Wildman–Crippen LogP) is 6.66. The Balaban J connectivity index is 1.64. The molecule has 0 heterocycles. The summed E-state index contributed by atoms with van der Waals surface area (Å²) in [6, 6.07) is 36.8. The quantitative estimate of drug-likeness (QED) is 0.326. The van der Waals surface area contributed by atoms with E-state index in [1.54, 1.807) is 7.11 Å². The molecule has 0 amide bonds. The topological polar surface area (TPSA) is 9.23 Å². The van der Waals surface area contributed by atoms with Gasteiger partial charge < -0.3 is 4.74 Å². The van der Waals surface area contributed by atoms with Gasteiger partial charge in [-0.25, -0.2) is 0 Å². The second-order valence-corrected chi connectivity index (χ2v) is 7.73. The van der Waals surface area contributed by atoms with Gasteiger partial charge in [-0.05, 0) is 71.2 Å². The Morgan fingerprint density at radius 1 is 0.500 bits per heavy atom. The molecule has 0 aromatic heterocycles. The summed E-state index contributed by atoms with van der Waals surface area (Å²) < 4.78 is 5.33. The maximum Gasteiger partial charge on any atom is 0.118 e. The lowest BCUT2D eigenvalue weighted by atomic mass is 9.89. The van der Waals surface area contributed by atoms with Crippen LogP contribution < -0.4 is 4.74 Å². The highest BCUT2D eigenvalue weighted by atomic mass is 16.5. The van der Waals surface area contributed by atoms with Crippen LogP contribution in [0.4, 0.5) is 0 Å². The summed E-state index contributed by atoms with van der Waals surface area (Å²) in [5.41, 5.74) is 8.39. The minimum absolute atomic E-state index is 0.903. The molecule has 1 heteroatoms. The maximum absolute atomic E-state index is 5.33. The molecule has 0 N–H and O–H groups in total. The molecular formula is C29H28O. The minimum atomic E-state index is 0.903. The molecule has 0 aliphatic heterocycles. The zero-order valence-corrected chi connectivity index (χ0v) is 17.6. The molecule has 0 saturated carbocycles. The lowest BCUT2D eigenvalue weighted by molar-refractivity contribution is 0.414. The van der Waals surface area contributed by atoms with E-state index in [0.29, 0.717) is 0 Å². The van der Waals surface area contributed by atoms with Crippen LogP contribution in [0.1, 0.15) is 33.4 Å². The summed E-state index contributed by atoms with van der Waals surface area (Å²) in [6.45, 7) is 0. The predicted molar refractivity (Wildman–Crippen MR) is 125 cm³/mol. The Hall–Kier alpha value is -3.32. The molecular weight excluding hydrogens is 364 g/mol. The highest BCUT2D eigenvalue weighted by Gasteiger charge is 2.11. The molecule has 0 radical (unpaired) electrons. The van der Waals surface area contributed by atoms with Crippen LogP contribution in [0.2, 0.25) is 0 Å². The second kappa shape index (κ2) is 9.93. The van der Waals surface area contributed by atoms with Gasteiger partial charge in [0.15, 0.2) is 0 Å². The molecule has 150 valence electrons. The Labute approximate surface area is 180 Å². The van der Waals surface area contributed by atoms with Crippen molar-refractivity contribution in [2.75, 3.05) is 7.11 Å². The van der Waals surface area contributed by atoms with Gasteiger partial charge in [0.05, 0.1) is 7.11 Å². The molecule has 0 saturated heterocycles. The fourth-order valence-electron chi connectivity index (χ4n) is 4.00. The van der Waals surface area contributed by atoms with Crippen LogP contribution in [-0.4, -0.2) is 7.11 Å². The van der Waals surface area contributed by atoms with Gasteiger partial charge in [0, 0.05) is 0 Å². The molecule has 4 rings (SSSR count). The van der Waals surface area contributed by atoms with Crippen molar-refractivity contribution in [1.82, 2.24) is 0 Å². The van der Waals surface area contributed by atoms with Crippen molar-refractivity contribution in [1.29, 1.82) is 0 Å². The van der Waals surface area contributed by atoms with E-state index in [2.05, 4.69) is 103 Å². The highest BCUT2D eigenvalue weighted by molar-refractivity contribution is 5.43. The van der Waals surface area contributed by atoms with Crippen molar-refractivity contribution in [3.05, 3.63) is 137 Å². The lowest BCUT2D eigenvalue weighted by Crippen LogP contribution is -2.04. The number of aryl methyl sites for hydroxylation is 2. The van der Waals surface area contributed by atoms with E-state index >= 15 is 0 Å². The van der Waals surface area contributed by atoms with E-state index in [-0.39, 0.29) is 0 Å². The monoisotopic (exact) mass is 392 g/mol.